The minimum Gasteiger partial charge on any atom is -0.477 e. The number of thiazole rings is 1. The van der Waals surface area contributed by atoms with Gasteiger partial charge in [-0.1, -0.05) is 36.8 Å². The van der Waals surface area contributed by atoms with Crippen LogP contribution in [0, 0.1) is 17.8 Å². The maximum absolute atomic E-state index is 12.6. The summed E-state index contributed by atoms with van der Waals surface area (Å²) in [7, 11) is 0. The number of aliphatic hydroxyl groups excluding tert-OH is 1. The second-order valence-corrected chi connectivity index (χ2v) is 9.92. The molecule has 1 amide bonds. The fraction of sp³-hybridized carbons (Fsp3) is 0.458. The second-order valence-electron chi connectivity index (χ2n) is 8.98. The first-order valence-corrected chi connectivity index (χ1v) is 12.0. The average Bonchev–Trinajstić information content (AvgIpc) is 3.33. The highest BCUT2D eigenvalue weighted by molar-refractivity contribution is 7.10. The number of nitrogens with zero attached hydrogens (tertiary/aromatic N) is 2. The van der Waals surface area contributed by atoms with Crippen LogP contribution >= 0.6 is 11.3 Å². The summed E-state index contributed by atoms with van der Waals surface area (Å²) < 4.78 is 0. The van der Waals surface area contributed by atoms with Gasteiger partial charge < -0.3 is 20.4 Å². The van der Waals surface area contributed by atoms with Crippen LogP contribution in [-0.4, -0.2) is 50.7 Å². The van der Waals surface area contributed by atoms with Crippen LogP contribution < -0.4 is 5.32 Å². The van der Waals surface area contributed by atoms with Crippen LogP contribution in [0.5, 0.6) is 0 Å². The van der Waals surface area contributed by atoms with Gasteiger partial charge in [0, 0.05) is 30.2 Å². The summed E-state index contributed by atoms with van der Waals surface area (Å²) in [5.41, 5.74) is 2.24. The molecule has 32 heavy (non-hydrogen) atoms. The third-order valence-corrected chi connectivity index (χ3v) is 7.87. The molecule has 8 heteroatoms. The first kappa shape index (κ1) is 21.2. The van der Waals surface area contributed by atoms with Crippen molar-refractivity contribution in [2.75, 3.05) is 11.9 Å². The van der Waals surface area contributed by atoms with Crippen LogP contribution in [0.4, 0.5) is 5.82 Å². The molecule has 5 atom stereocenters. The van der Waals surface area contributed by atoms with Gasteiger partial charge in [-0.05, 0) is 30.9 Å². The Bertz CT molecular complexity index is 1060. The molecule has 0 bridgehead atoms. The van der Waals surface area contributed by atoms with Gasteiger partial charge in [0.1, 0.15) is 11.5 Å². The summed E-state index contributed by atoms with van der Waals surface area (Å²) in [6.45, 7) is 2.21. The lowest BCUT2D eigenvalue weighted by atomic mass is 9.69. The number of carbonyl (C=O) groups excluding carboxylic acids is 1. The Kier molecular flexibility index (Phi) is 5.51. The normalized spacial score (nSPS) is 27.6. The number of hydrogen-bond acceptors (Lipinski definition) is 6. The van der Waals surface area contributed by atoms with Crippen molar-refractivity contribution in [3.05, 3.63) is 57.6 Å². The van der Waals surface area contributed by atoms with Gasteiger partial charge in [-0.2, -0.15) is 0 Å². The molecular weight excluding hydrogens is 426 g/mol. The zero-order valence-corrected chi connectivity index (χ0v) is 18.7. The summed E-state index contributed by atoms with van der Waals surface area (Å²) in [4.78, 5) is 30.9. The third kappa shape index (κ3) is 3.51. The van der Waals surface area contributed by atoms with Crippen LogP contribution in [0.3, 0.4) is 0 Å². The molecule has 0 unspecified atom stereocenters. The number of nitrogens with one attached hydrogen (secondary N) is 1. The highest BCUT2D eigenvalue weighted by Crippen LogP contribution is 2.53. The Labute approximate surface area is 190 Å². The minimum atomic E-state index is -1.05. The van der Waals surface area contributed by atoms with E-state index in [2.05, 4.69) is 17.4 Å². The number of rotatable bonds is 7. The number of carbonyl (C=O) groups is 2. The predicted octanol–water partition coefficient (Wildman–Crippen LogP) is 3.12. The Hall–Kier alpha value is -2.71. The Morgan fingerprint density at radius 3 is 2.81 bits per heavy atom. The van der Waals surface area contributed by atoms with Crippen molar-refractivity contribution in [3.8, 4) is 0 Å². The van der Waals surface area contributed by atoms with E-state index in [1.165, 1.54) is 10.5 Å². The number of amides is 1. The number of β-lactam (4-membered cyclic amide) rings is 1. The fourth-order valence-electron chi connectivity index (χ4n) is 5.68. The Balaban J connectivity index is 1.32. The highest BCUT2D eigenvalue weighted by Gasteiger charge is 2.62. The molecule has 2 fully saturated rings. The summed E-state index contributed by atoms with van der Waals surface area (Å²) in [6, 6.07) is 9.99. The van der Waals surface area contributed by atoms with Crippen molar-refractivity contribution in [2.24, 2.45) is 17.8 Å². The molecule has 1 aliphatic carbocycles. The van der Waals surface area contributed by atoms with E-state index in [1.807, 2.05) is 23.6 Å². The second kappa shape index (κ2) is 8.33. The number of anilines is 1. The number of aliphatic carboxylic acids is 1. The first-order valence-electron chi connectivity index (χ1n) is 11.2. The molecule has 1 aromatic carbocycles. The molecule has 2 aliphatic heterocycles. The van der Waals surface area contributed by atoms with E-state index in [9.17, 15) is 19.8 Å². The topological polar surface area (TPSA) is 103 Å². The van der Waals surface area contributed by atoms with Gasteiger partial charge in [-0.25, -0.2) is 9.78 Å². The Morgan fingerprint density at radius 2 is 2.09 bits per heavy atom. The Morgan fingerprint density at radius 1 is 1.31 bits per heavy atom. The molecule has 5 rings (SSSR count). The van der Waals surface area contributed by atoms with Gasteiger partial charge in [0.05, 0.1) is 23.1 Å². The molecule has 1 saturated heterocycles. The van der Waals surface area contributed by atoms with Crippen molar-refractivity contribution >= 4 is 29.0 Å². The first-order chi connectivity index (χ1) is 15.5. The minimum absolute atomic E-state index is 0.0167. The van der Waals surface area contributed by atoms with E-state index in [4.69, 9.17) is 4.98 Å². The van der Waals surface area contributed by atoms with Crippen LogP contribution in [0.15, 0.2) is 47.0 Å². The predicted molar refractivity (Wildman–Crippen MR) is 121 cm³/mol. The van der Waals surface area contributed by atoms with E-state index in [0.717, 1.165) is 42.1 Å². The summed E-state index contributed by atoms with van der Waals surface area (Å²) in [6.07, 6.45) is 2.74. The van der Waals surface area contributed by atoms with Gasteiger partial charge in [-0.3, -0.25) is 4.79 Å². The van der Waals surface area contributed by atoms with Gasteiger partial charge >= 0.3 is 5.97 Å². The van der Waals surface area contributed by atoms with Gasteiger partial charge in [0.2, 0.25) is 5.91 Å². The molecule has 1 aromatic heterocycles. The highest BCUT2D eigenvalue weighted by atomic mass is 32.1. The third-order valence-electron chi connectivity index (χ3n) is 7.02. The number of aliphatic hydroxyl groups is 1. The molecule has 0 spiro atoms. The molecule has 1 saturated carbocycles. The monoisotopic (exact) mass is 453 g/mol. The number of carboxylic acid groups (broad SMARTS) is 1. The number of hydrogen-bond donors (Lipinski definition) is 3. The molecular formula is C24H27N3O4S. The summed E-state index contributed by atoms with van der Waals surface area (Å²) in [5, 5.41) is 26.5. The largest absolute Gasteiger partial charge is 0.477 e. The van der Waals surface area contributed by atoms with Crippen molar-refractivity contribution < 1.29 is 19.8 Å². The lowest BCUT2D eigenvalue weighted by Gasteiger charge is -2.47. The SMILES string of the molecule is C[C@@H](O)[C@H]1C(=O)N2C(C(=O)O)=C3[C@H](CNc4csc(Cc5ccccc5)n4)CCC[C@@H]3[C@H]12. The van der Waals surface area contributed by atoms with Crippen molar-refractivity contribution in [1.82, 2.24) is 9.88 Å². The van der Waals surface area contributed by atoms with Crippen LogP contribution in [-0.2, 0) is 16.0 Å². The summed E-state index contributed by atoms with van der Waals surface area (Å²) >= 11 is 1.61. The maximum Gasteiger partial charge on any atom is 0.352 e. The number of aromatic nitrogens is 1. The van der Waals surface area contributed by atoms with E-state index >= 15 is 0 Å². The number of fused-ring (bicyclic) bond motifs is 3. The molecule has 7 nitrogen and oxygen atoms in total. The standard InChI is InChI=1S/C24H27N3O4S/c1-13(28)19-21-16-9-5-8-15(20(16)22(24(30)31)27(21)23(19)29)11-25-17-12-32-18(26-17)10-14-6-3-2-4-7-14/h2-4,6-7,12-13,15-16,19,21,25,28H,5,8-11H2,1H3,(H,30,31)/t13-,15+,16+,19-,21-/m1/s1. The van der Waals surface area contributed by atoms with Crippen molar-refractivity contribution in [1.29, 1.82) is 0 Å². The molecule has 3 heterocycles. The fourth-order valence-corrected chi connectivity index (χ4v) is 6.47. The molecule has 168 valence electrons. The van der Waals surface area contributed by atoms with E-state index < -0.39 is 18.0 Å². The molecule has 0 radical (unpaired) electrons. The lowest BCUT2D eigenvalue weighted by molar-refractivity contribution is -0.163. The zero-order valence-electron chi connectivity index (χ0n) is 17.9. The van der Waals surface area contributed by atoms with Crippen molar-refractivity contribution in [2.45, 2.75) is 44.8 Å². The van der Waals surface area contributed by atoms with Crippen molar-refractivity contribution in [3.63, 3.8) is 0 Å². The number of carboxylic acids is 1. The summed E-state index contributed by atoms with van der Waals surface area (Å²) in [5.74, 6) is -0.954. The van der Waals surface area contributed by atoms with Gasteiger partial charge in [0.15, 0.2) is 0 Å². The molecule has 3 aliphatic rings. The quantitative estimate of drug-likeness (QED) is 0.557. The smallest absolute Gasteiger partial charge is 0.352 e. The van der Waals surface area contributed by atoms with Crippen LogP contribution in [0.1, 0.15) is 36.8 Å². The van der Waals surface area contributed by atoms with Crippen LogP contribution in [0.2, 0.25) is 0 Å². The van der Waals surface area contributed by atoms with Gasteiger partial charge in [-0.15, -0.1) is 11.3 Å². The number of benzene rings is 1. The molecule has 3 N–H and O–H groups in total. The lowest BCUT2D eigenvalue weighted by Crippen LogP contribution is -2.64. The maximum atomic E-state index is 12.6. The van der Waals surface area contributed by atoms with E-state index in [-0.39, 0.29) is 29.5 Å². The van der Waals surface area contributed by atoms with E-state index in [1.54, 1.807) is 18.3 Å². The van der Waals surface area contributed by atoms with E-state index in [0.29, 0.717) is 6.54 Å². The van der Waals surface area contributed by atoms with Crippen LogP contribution in [0.25, 0.3) is 0 Å². The zero-order chi connectivity index (χ0) is 22.4. The average molecular weight is 454 g/mol. The molecule has 2 aromatic rings. The van der Waals surface area contributed by atoms with Gasteiger partial charge in [0.25, 0.3) is 0 Å².